The number of rotatable bonds is 8. The highest BCUT2D eigenvalue weighted by Gasteiger charge is 2.69. The molecule has 0 aromatic heterocycles. The van der Waals surface area contributed by atoms with Crippen molar-refractivity contribution in [3.63, 3.8) is 0 Å². The van der Waals surface area contributed by atoms with Gasteiger partial charge in [0.15, 0.2) is 17.3 Å². The first-order valence-electron chi connectivity index (χ1n) is 19.2. The summed E-state index contributed by atoms with van der Waals surface area (Å²) in [5.41, 5.74) is 2.39. The molecular weight excluding hydrogens is 752 g/mol. The fourth-order valence-electron chi connectivity index (χ4n) is 9.77. The van der Waals surface area contributed by atoms with Crippen molar-refractivity contribution in [2.75, 3.05) is 16.9 Å². The number of ether oxygens (including phenoxy) is 1. The number of carbonyl (C=O) groups excluding carboxylic acids is 5. The number of anilines is 2. The first kappa shape index (κ1) is 37.0. The van der Waals surface area contributed by atoms with Gasteiger partial charge in [-0.05, 0) is 84.5 Å². The summed E-state index contributed by atoms with van der Waals surface area (Å²) in [6, 6.07) is 36.2. The molecule has 2 aliphatic carbocycles. The molecule has 0 spiro atoms. The van der Waals surface area contributed by atoms with E-state index in [9.17, 15) is 24.3 Å². The molecule has 1 N–H and O–H groups in total. The fraction of sp³-hybridized carbons (Fsp3) is 0.188. The quantitative estimate of drug-likeness (QED) is 0.0956. The van der Waals surface area contributed by atoms with E-state index in [-0.39, 0.29) is 41.9 Å². The zero-order chi connectivity index (χ0) is 40.3. The summed E-state index contributed by atoms with van der Waals surface area (Å²) in [4.78, 5) is 74.9. The third-order valence-corrected chi connectivity index (χ3v) is 12.6. The van der Waals surface area contributed by atoms with Gasteiger partial charge in [0.05, 0.1) is 41.7 Å². The molecule has 2 heterocycles. The molecule has 5 aromatic carbocycles. The van der Waals surface area contributed by atoms with Gasteiger partial charge >= 0.3 is 0 Å². The van der Waals surface area contributed by atoms with E-state index in [1.165, 1.54) is 23.0 Å². The SMILES string of the molecule is COc1cc(C=CC2C3=CCC4C(=O)N(c5ccc(C(=O)c6ccccc6)cc5)C(=O)C4C3CC3C(=O)N(c4cccc(Cl)c4)C(=O)C23c2ccccc2)ccc1O. The Morgan fingerprint density at radius 3 is 2.17 bits per heavy atom. The van der Waals surface area contributed by atoms with Crippen LogP contribution in [0.3, 0.4) is 0 Å². The lowest BCUT2D eigenvalue weighted by Crippen LogP contribution is -2.54. The highest BCUT2D eigenvalue weighted by atomic mass is 35.5. The van der Waals surface area contributed by atoms with E-state index in [4.69, 9.17) is 16.3 Å². The molecular formula is C48H37ClN2O7. The zero-order valence-electron chi connectivity index (χ0n) is 31.3. The monoisotopic (exact) mass is 788 g/mol. The van der Waals surface area contributed by atoms with E-state index in [2.05, 4.69) is 0 Å². The number of hydrogen-bond donors (Lipinski definition) is 1. The van der Waals surface area contributed by atoms with Gasteiger partial charge in [-0.3, -0.25) is 28.9 Å². The summed E-state index contributed by atoms with van der Waals surface area (Å²) >= 11 is 6.42. The van der Waals surface area contributed by atoms with Crippen LogP contribution in [0.25, 0.3) is 6.08 Å². The molecule has 5 aromatic rings. The molecule has 1 saturated carbocycles. The second-order valence-corrected chi connectivity index (χ2v) is 15.6. The number of nitrogens with zero attached hydrogens (tertiary/aromatic N) is 2. The lowest BCUT2D eigenvalue weighted by molar-refractivity contribution is -0.128. The minimum atomic E-state index is -1.42. The average molecular weight is 789 g/mol. The van der Waals surface area contributed by atoms with Gasteiger partial charge in [0.25, 0.3) is 0 Å². The second kappa shape index (κ2) is 14.4. The highest BCUT2D eigenvalue weighted by molar-refractivity contribution is 6.32. The van der Waals surface area contributed by atoms with Crippen molar-refractivity contribution >= 4 is 58.5 Å². The number of ketones is 1. The molecule has 2 aliphatic heterocycles. The lowest BCUT2D eigenvalue weighted by atomic mass is 9.50. The molecule has 4 aliphatic rings. The number of methoxy groups -OCH3 is 1. The van der Waals surface area contributed by atoms with E-state index in [1.807, 2.05) is 54.6 Å². The van der Waals surface area contributed by atoms with Crippen molar-refractivity contribution in [2.45, 2.75) is 18.3 Å². The highest BCUT2D eigenvalue weighted by Crippen LogP contribution is 2.62. The number of allylic oxidation sites excluding steroid dienone is 3. The van der Waals surface area contributed by atoms with Crippen LogP contribution in [0.4, 0.5) is 11.4 Å². The molecule has 2 saturated heterocycles. The van der Waals surface area contributed by atoms with Crippen molar-refractivity contribution in [1.82, 2.24) is 0 Å². The van der Waals surface area contributed by atoms with E-state index >= 15 is 4.79 Å². The predicted molar refractivity (Wildman–Crippen MR) is 219 cm³/mol. The standard InChI is InChI=1S/C48H37ClN2O7/c1-58-41-25-28(16-24-40(41)52)15-23-38-35-21-22-36-42(46(56)50(44(36)54)33-19-17-30(18-20-33)43(53)29-9-4-2-5-10-29)37(35)27-39-45(55)51(34-14-8-13-32(49)26-34)47(57)48(38,39)31-11-6-3-7-12-31/h2-21,23-26,36-39,42,52H,22,27H2,1H3. The van der Waals surface area contributed by atoms with Crippen molar-refractivity contribution in [2.24, 2.45) is 29.6 Å². The molecule has 6 atom stereocenters. The van der Waals surface area contributed by atoms with Gasteiger partial charge in [0.1, 0.15) is 0 Å². The molecule has 3 fully saturated rings. The summed E-state index contributed by atoms with van der Waals surface area (Å²) in [6.07, 6.45) is 6.16. The number of halogens is 1. The number of phenolic OH excluding ortho intramolecular Hbond substituents is 1. The molecule has 4 amide bonds. The Kier molecular flexibility index (Phi) is 9.20. The van der Waals surface area contributed by atoms with Crippen LogP contribution in [0.15, 0.2) is 145 Å². The Morgan fingerprint density at radius 2 is 1.47 bits per heavy atom. The van der Waals surface area contributed by atoms with Crippen molar-refractivity contribution in [3.05, 3.63) is 172 Å². The van der Waals surface area contributed by atoms with Gasteiger partial charge < -0.3 is 9.84 Å². The molecule has 9 rings (SSSR count). The predicted octanol–water partition coefficient (Wildman–Crippen LogP) is 8.20. The molecule has 0 radical (unpaired) electrons. The normalized spacial score (nSPS) is 25.1. The van der Waals surface area contributed by atoms with Gasteiger partial charge in [-0.1, -0.05) is 108 Å². The van der Waals surface area contributed by atoms with Gasteiger partial charge in [0.2, 0.25) is 23.6 Å². The zero-order valence-corrected chi connectivity index (χ0v) is 32.1. The molecule has 9 nitrogen and oxygen atoms in total. The summed E-state index contributed by atoms with van der Waals surface area (Å²) in [5, 5.41) is 10.7. The van der Waals surface area contributed by atoms with Crippen molar-refractivity contribution in [3.8, 4) is 11.5 Å². The number of fused-ring (bicyclic) bond motifs is 4. The van der Waals surface area contributed by atoms with Gasteiger partial charge in [0, 0.05) is 22.1 Å². The van der Waals surface area contributed by atoms with Crippen LogP contribution in [0.1, 0.15) is 39.9 Å². The summed E-state index contributed by atoms with van der Waals surface area (Å²) < 4.78 is 5.38. The third kappa shape index (κ3) is 5.71. The van der Waals surface area contributed by atoms with Crippen LogP contribution >= 0.6 is 11.6 Å². The second-order valence-electron chi connectivity index (χ2n) is 15.2. The number of hydrogen-bond acceptors (Lipinski definition) is 7. The van der Waals surface area contributed by atoms with E-state index in [0.717, 1.165) is 5.57 Å². The number of benzene rings is 5. The third-order valence-electron chi connectivity index (χ3n) is 12.3. The minimum absolute atomic E-state index is 0.0284. The maximum absolute atomic E-state index is 15.4. The van der Waals surface area contributed by atoms with Crippen LogP contribution in [0.5, 0.6) is 11.5 Å². The van der Waals surface area contributed by atoms with E-state index in [0.29, 0.717) is 38.7 Å². The lowest BCUT2D eigenvalue weighted by Gasteiger charge is -2.49. The Morgan fingerprint density at radius 1 is 0.759 bits per heavy atom. The number of carbonyl (C=O) groups is 5. The van der Waals surface area contributed by atoms with E-state index < -0.39 is 46.8 Å². The fourth-order valence-corrected chi connectivity index (χ4v) is 9.95. The topological polar surface area (TPSA) is 121 Å². The summed E-state index contributed by atoms with van der Waals surface area (Å²) in [5.74, 6) is -5.13. The number of aromatic hydroxyl groups is 1. The molecule has 10 heteroatoms. The van der Waals surface area contributed by atoms with Crippen LogP contribution in [0, 0.1) is 29.6 Å². The number of imide groups is 2. The summed E-state index contributed by atoms with van der Waals surface area (Å²) in [7, 11) is 1.46. The first-order valence-corrected chi connectivity index (χ1v) is 19.5. The largest absolute Gasteiger partial charge is 0.504 e. The number of amides is 4. The average Bonchev–Trinajstić information content (AvgIpc) is 3.64. The molecule has 6 unspecified atom stereocenters. The Hall–Kier alpha value is -6.58. The smallest absolute Gasteiger partial charge is 0.246 e. The number of phenols is 1. The Bertz CT molecular complexity index is 2570. The maximum Gasteiger partial charge on any atom is 0.246 e. The Balaban J connectivity index is 1.15. The van der Waals surface area contributed by atoms with Crippen molar-refractivity contribution < 1.29 is 33.8 Å². The van der Waals surface area contributed by atoms with Crippen LogP contribution in [-0.4, -0.2) is 41.6 Å². The molecule has 0 bridgehead atoms. The molecule has 288 valence electrons. The molecule has 58 heavy (non-hydrogen) atoms. The van der Waals surface area contributed by atoms with Gasteiger partial charge in [-0.15, -0.1) is 0 Å². The maximum atomic E-state index is 15.4. The van der Waals surface area contributed by atoms with E-state index in [1.54, 1.807) is 84.9 Å². The first-order chi connectivity index (χ1) is 28.1. The van der Waals surface area contributed by atoms with Crippen LogP contribution in [0.2, 0.25) is 5.02 Å². The Labute approximate surface area is 339 Å². The summed E-state index contributed by atoms with van der Waals surface area (Å²) in [6.45, 7) is 0. The van der Waals surface area contributed by atoms with Gasteiger partial charge in [-0.25, -0.2) is 4.90 Å². The van der Waals surface area contributed by atoms with Gasteiger partial charge in [-0.2, -0.15) is 0 Å². The van der Waals surface area contributed by atoms with Crippen LogP contribution in [-0.2, 0) is 24.6 Å². The van der Waals surface area contributed by atoms with Crippen molar-refractivity contribution in [1.29, 1.82) is 0 Å². The van der Waals surface area contributed by atoms with Crippen LogP contribution < -0.4 is 14.5 Å². The minimum Gasteiger partial charge on any atom is -0.504 e.